The minimum Gasteiger partial charge on any atom is -0.466 e. The maximum absolute atomic E-state index is 12.5. The summed E-state index contributed by atoms with van der Waals surface area (Å²) in [5.41, 5.74) is 0. The zero-order valence-electron chi connectivity index (χ0n) is 16.2. The molecular formula is C20H31N3O4. The van der Waals surface area contributed by atoms with Gasteiger partial charge in [0.05, 0.1) is 19.1 Å². The van der Waals surface area contributed by atoms with Crippen LogP contribution in [-0.4, -0.2) is 74.1 Å². The Balaban J connectivity index is 1.37. The van der Waals surface area contributed by atoms with E-state index in [0.29, 0.717) is 32.4 Å². The molecule has 1 aromatic rings. The van der Waals surface area contributed by atoms with Gasteiger partial charge in [-0.25, -0.2) is 0 Å². The first-order valence-corrected chi connectivity index (χ1v) is 10.0. The molecule has 2 amide bonds. The monoisotopic (exact) mass is 377 g/mol. The van der Waals surface area contributed by atoms with Crippen LogP contribution >= 0.6 is 0 Å². The number of hydrogen-bond acceptors (Lipinski definition) is 5. The van der Waals surface area contributed by atoms with Crippen LogP contribution in [0.3, 0.4) is 0 Å². The number of ether oxygens (including phenoxy) is 1. The van der Waals surface area contributed by atoms with E-state index in [1.54, 1.807) is 0 Å². The lowest BCUT2D eigenvalue weighted by atomic mass is 9.96. The van der Waals surface area contributed by atoms with E-state index in [-0.39, 0.29) is 17.7 Å². The second kappa shape index (κ2) is 9.90. The minimum atomic E-state index is -0.107. The molecule has 0 aromatic carbocycles. The second-order valence-corrected chi connectivity index (χ2v) is 7.44. The Morgan fingerprint density at radius 2 is 2.07 bits per heavy atom. The number of nitrogens with one attached hydrogen (secondary N) is 1. The van der Waals surface area contributed by atoms with E-state index in [2.05, 4.69) is 10.2 Å². The number of amides is 2. The highest BCUT2D eigenvalue weighted by Crippen LogP contribution is 2.18. The molecule has 1 aromatic heterocycles. The Kier molecular flexibility index (Phi) is 7.29. The molecule has 2 saturated heterocycles. The molecule has 2 aliphatic rings. The molecule has 0 unspecified atom stereocenters. The summed E-state index contributed by atoms with van der Waals surface area (Å²) in [4.78, 5) is 28.9. The van der Waals surface area contributed by atoms with Crippen LogP contribution in [0, 0.1) is 12.8 Å². The third kappa shape index (κ3) is 6.07. The molecule has 1 atom stereocenters. The van der Waals surface area contributed by atoms with Gasteiger partial charge < -0.3 is 19.4 Å². The van der Waals surface area contributed by atoms with Crippen LogP contribution in [0.2, 0.25) is 0 Å². The number of furan rings is 1. The van der Waals surface area contributed by atoms with Gasteiger partial charge in [-0.15, -0.1) is 0 Å². The first-order chi connectivity index (χ1) is 13.1. The molecule has 3 rings (SSSR count). The van der Waals surface area contributed by atoms with Crippen molar-refractivity contribution >= 4 is 11.8 Å². The molecule has 7 heteroatoms. The predicted molar refractivity (Wildman–Crippen MR) is 101 cm³/mol. The lowest BCUT2D eigenvalue weighted by molar-refractivity contribution is -0.138. The zero-order chi connectivity index (χ0) is 19.1. The number of morpholine rings is 1. The summed E-state index contributed by atoms with van der Waals surface area (Å²) in [7, 11) is 0. The van der Waals surface area contributed by atoms with Crippen LogP contribution in [0.15, 0.2) is 16.5 Å². The number of piperidine rings is 1. The third-order valence-electron chi connectivity index (χ3n) is 5.34. The van der Waals surface area contributed by atoms with Gasteiger partial charge in [-0.1, -0.05) is 0 Å². The van der Waals surface area contributed by atoms with Crippen LogP contribution in [0.5, 0.6) is 0 Å². The van der Waals surface area contributed by atoms with Crippen LogP contribution in [0.1, 0.15) is 30.8 Å². The molecule has 3 heterocycles. The van der Waals surface area contributed by atoms with Gasteiger partial charge >= 0.3 is 0 Å². The van der Waals surface area contributed by atoms with Gasteiger partial charge in [-0.3, -0.25) is 14.5 Å². The Hall–Kier alpha value is -1.86. The summed E-state index contributed by atoms with van der Waals surface area (Å²) in [6, 6.07) is 3.87. The van der Waals surface area contributed by atoms with Crippen molar-refractivity contribution < 1.29 is 18.7 Å². The van der Waals surface area contributed by atoms with Crippen molar-refractivity contribution in [3.8, 4) is 0 Å². The number of likely N-dealkylation sites (tertiary alicyclic amines) is 1. The average molecular weight is 377 g/mol. The summed E-state index contributed by atoms with van der Waals surface area (Å²) in [5.74, 6) is 1.88. The standard InChI is InChI=1S/C20H31N3O4/c1-16-3-5-18(27-16)7-8-21-20(25)17-4-6-19(24)23(15-17)10-2-9-22-11-13-26-14-12-22/h3,5,17H,2,4,6-15H2,1H3,(H,21,25)/t17-/m1/s1. The fourth-order valence-electron chi connectivity index (χ4n) is 3.73. The van der Waals surface area contributed by atoms with Crippen molar-refractivity contribution in [2.75, 3.05) is 52.5 Å². The zero-order valence-corrected chi connectivity index (χ0v) is 16.2. The van der Waals surface area contributed by atoms with Crippen molar-refractivity contribution in [2.45, 2.75) is 32.6 Å². The van der Waals surface area contributed by atoms with Crippen LogP contribution < -0.4 is 5.32 Å². The molecule has 150 valence electrons. The maximum Gasteiger partial charge on any atom is 0.224 e. The van der Waals surface area contributed by atoms with Crippen molar-refractivity contribution in [3.63, 3.8) is 0 Å². The summed E-state index contributed by atoms with van der Waals surface area (Å²) in [5, 5.41) is 2.99. The van der Waals surface area contributed by atoms with E-state index in [9.17, 15) is 9.59 Å². The molecule has 27 heavy (non-hydrogen) atoms. The Morgan fingerprint density at radius 3 is 2.81 bits per heavy atom. The fourth-order valence-corrected chi connectivity index (χ4v) is 3.73. The average Bonchev–Trinajstić information content (AvgIpc) is 3.09. The van der Waals surface area contributed by atoms with Gasteiger partial charge in [-0.05, 0) is 31.9 Å². The molecule has 1 N–H and O–H groups in total. The van der Waals surface area contributed by atoms with E-state index >= 15 is 0 Å². The van der Waals surface area contributed by atoms with E-state index < -0.39 is 0 Å². The second-order valence-electron chi connectivity index (χ2n) is 7.44. The Bertz CT molecular complexity index is 624. The number of rotatable bonds is 8. The number of aryl methyl sites for hydroxylation is 1. The maximum atomic E-state index is 12.5. The number of nitrogens with zero attached hydrogens (tertiary/aromatic N) is 2. The molecule has 7 nitrogen and oxygen atoms in total. The smallest absolute Gasteiger partial charge is 0.224 e. The molecule has 0 aliphatic carbocycles. The van der Waals surface area contributed by atoms with Gasteiger partial charge in [0.2, 0.25) is 11.8 Å². The first kappa shape index (κ1) is 19.9. The predicted octanol–water partition coefficient (Wildman–Crippen LogP) is 1.21. The topological polar surface area (TPSA) is 75.0 Å². The van der Waals surface area contributed by atoms with Crippen molar-refractivity contribution in [3.05, 3.63) is 23.7 Å². The molecule has 0 saturated carbocycles. The van der Waals surface area contributed by atoms with E-state index in [0.717, 1.165) is 57.3 Å². The fraction of sp³-hybridized carbons (Fsp3) is 0.700. The number of hydrogen-bond donors (Lipinski definition) is 1. The minimum absolute atomic E-state index is 0.0453. The summed E-state index contributed by atoms with van der Waals surface area (Å²) >= 11 is 0. The number of carbonyl (C=O) groups excluding carboxylic acids is 2. The summed E-state index contributed by atoms with van der Waals surface area (Å²) in [6.07, 6.45) is 2.74. The first-order valence-electron chi connectivity index (χ1n) is 10.0. The van der Waals surface area contributed by atoms with E-state index in [1.807, 2.05) is 24.0 Å². The largest absolute Gasteiger partial charge is 0.466 e. The van der Waals surface area contributed by atoms with Crippen molar-refractivity contribution in [1.82, 2.24) is 15.1 Å². The SMILES string of the molecule is Cc1ccc(CCNC(=O)[C@@H]2CCC(=O)N(CCCN3CCOCC3)C2)o1. The van der Waals surface area contributed by atoms with Gasteiger partial charge in [0.15, 0.2) is 0 Å². The van der Waals surface area contributed by atoms with Crippen LogP contribution in [0.25, 0.3) is 0 Å². The lowest BCUT2D eigenvalue weighted by Gasteiger charge is -2.33. The van der Waals surface area contributed by atoms with Gasteiger partial charge in [0, 0.05) is 52.1 Å². The third-order valence-corrected chi connectivity index (χ3v) is 5.34. The Labute approximate surface area is 161 Å². The highest BCUT2D eigenvalue weighted by Gasteiger charge is 2.29. The molecular weight excluding hydrogens is 346 g/mol. The van der Waals surface area contributed by atoms with Crippen molar-refractivity contribution in [2.24, 2.45) is 5.92 Å². The van der Waals surface area contributed by atoms with Gasteiger partial charge in [0.25, 0.3) is 0 Å². The summed E-state index contributed by atoms with van der Waals surface area (Å²) in [6.45, 7) is 8.24. The highest BCUT2D eigenvalue weighted by molar-refractivity contribution is 5.83. The van der Waals surface area contributed by atoms with E-state index in [4.69, 9.17) is 9.15 Å². The Morgan fingerprint density at radius 1 is 1.26 bits per heavy atom. The van der Waals surface area contributed by atoms with Gasteiger partial charge in [-0.2, -0.15) is 0 Å². The molecule has 2 aliphatic heterocycles. The van der Waals surface area contributed by atoms with E-state index in [1.165, 1.54) is 0 Å². The van der Waals surface area contributed by atoms with Gasteiger partial charge in [0.1, 0.15) is 11.5 Å². The molecule has 0 radical (unpaired) electrons. The molecule has 2 fully saturated rings. The number of carbonyl (C=O) groups is 2. The van der Waals surface area contributed by atoms with Crippen LogP contribution in [-0.2, 0) is 20.7 Å². The van der Waals surface area contributed by atoms with Crippen molar-refractivity contribution in [1.29, 1.82) is 0 Å². The normalized spacial score (nSPS) is 21.4. The lowest BCUT2D eigenvalue weighted by Crippen LogP contribution is -2.47. The quantitative estimate of drug-likeness (QED) is 0.737. The van der Waals surface area contributed by atoms with Crippen LogP contribution in [0.4, 0.5) is 0 Å². The highest BCUT2D eigenvalue weighted by atomic mass is 16.5. The molecule has 0 spiro atoms. The summed E-state index contributed by atoms with van der Waals surface area (Å²) < 4.78 is 10.9. The molecule has 0 bridgehead atoms.